The van der Waals surface area contributed by atoms with E-state index < -0.39 is 10.0 Å². The summed E-state index contributed by atoms with van der Waals surface area (Å²) < 4.78 is 29.2. The van der Waals surface area contributed by atoms with Crippen LogP contribution in [0, 0.1) is 13.8 Å². The molecule has 0 radical (unpaired) electrons. The molecule has 0 unspecified atom stereocenters. The van der Waals surface area contributed by atoms with Gasteiger partial charge in [0, 0.05) is 18.3 Å². The van der Waals surface area contributed by atoms with E-state index in [0.29, 0.717) is 16.4 Å². The molecule has 7 nitrogen and oxygen atoms in total. The molecule has 0 N–H and O–H groups in total. The molecule has 3 aromatic carbocycles. The van der Waals surface area contributed by atoms with Gasteiger partial charge in [-0.15, -0.1) is 0 Å². The molecule has 0 bridgehead atoms. The molecule has 0 aliphatic carbocycles. The van der Waals surface area contributed by atoms with E-state index in [9.17, 15) is 13.2 Å². The Morgan fingerprint density at radius 1 is 0.897 bits per heavy atom. The van der Waals surface area contributed by atoms with Crippen LogP contribution in [0.1, 0.15) is 34.1 Å². The van der Waals surface area contributed by atoms with Crippen molar-refractivity contribution in [1.29, 1.82) is 0 Å². The number of fused-ring (bicyclic) bond motifs is 1. The molecular formula is C30H28N4O3S2. The average molecular weight is 557 g/mol. The third-order valence-electron chi connectivity index (χ3n) is 6.62. The standard InChI is InChI=1S/C30H28N4O3S2/c1-4-34(25-11-6-5-7-12-25)39(36,37)26-16-14-23(15-17-26)29(35)33(20-24-10-8-9-19-31-24)30-32-28-22(3)21(2)13-18-27(28)38-30/h5-19H,4,20H2,1-3H3. The number of hydrogen-bond donors (Lipinski definition) is 0. The first kappa shape index (κ1) is 26.5. The second-order valence-electron chi connectivity index (χ2n) is 9.09. The number of aryl methyl sites for hydroxylation is 2. The Hall–Kier alpha value is -4.08. The molecule has 39 heavy (non-hydrogen) atoms. The summed E-state index contributed by atoms with van der Waals surface area (Å²) in [6, 6.07) is 24.7. The summed E-state index contributed by atoms with van der Waals surface area (Å²) >= 11 is 1.45. The highest BCUT2D eigenvalue weighted by atomic mass is 32.2. The van der Waals surface area contributed by atoms with Gasteiger partial charge in [0.25, 0.3) is 15.9 Å². The summed E-state index contributed by atoms with van der Waals surface area (Å²) in [6.07, 6.45) is 1.69. The molecule has 5 aromatic rings. The fourth-order valence-corrected chi connectivity index (χ4v) is 6.84. The molecule has 198 valence electrons. The lowest BCUT2D eigenvalue weighted by molar-refractivity contribution is 0.0984. The van der Waals surface area contributed by atoms with Crippen LogP contribution in [0.25, 0.3) is 10.2 Å². The Balaban J connectivity index is 1.50. The molecule has 5 rings (SSSR count). The second kappa shape index (κ2) is 11.0. The number of pyridine rings is 1. The van der Waals surface area contributed by atoms with Gasteiger partial charge in [-0.3, -0.25) is 19.0 Å². The van der Waals surface area contributed by atoms with Crippen LogP contribution < -0.4 is 9.21 Å². The number of para-hydroxylation sites is 1. The van der Waals surface area contributed by atoms with Crippen LogP contribution in [0.4, 0.5) is 10.8 Å². The average Bonchev–Trinajstić information content (AvgIpc) is 3.40. The Morgan fingerprint density at radius 3 is 2.28 bits per heavy atom. The molecule has 0 saturated carbocycles. The summed E-state index contributed by atoms with van der Waals surface area (Å²) in [5.74, 6) is -0.284. The number of sulfonamides is 1. The molecule has 0 fully saturated rings. The number of hydrogen-bond acceptors (Lipinski definition) is 6. The lowest BCUT2D eigenvalue weighted by atomic mass is 10.1. The predicted octanol–water partition coefficient (Wildman–Crippen LogP) is 6.37. The minimum Gasteiger partial charge on any atom is -0.278 e. The number of benzene rings is 3. The Labute approximate surface area is 232 Å². The summed E-state index contributed by atoms with van der Waals surface area (Å²) in [7, 11) is -3.81. The SMILES string of the molecule is CCN(c1ccccc1)S(=O)(=O)c1ccc(C(=O)N(Cc2ccccn2)c2nc3c(C)c(C)ccc3s2)cc1. The van der Waals surface area contributed by atoms with Crippen molar-refractivity contribution in [2.45, 2.75) is 32.2 Å². The van der Waals surface area contributed by atoms with Gasteiger partial charge in [-0.25, -0.2) is 13.4 Å². The highest BCUT2D eigenvalue weighted by molar-refractivity contribution is 7.92. The zero-order valence-corrected chi connectivity index (χ0v) is 23.5. The van der Waals surface area contributed by atoms with Crippen molar-refractivity contribution in [2.24, 2.45) is 0 Å². The number of carbonyl (C=O) groups is 1. The molecule has 0 aliphatic heterocycles. The molecule has 2 heterocycles. The van der Waals surface area contributed by atoms with Crippen LogP contribution in [-0.2, 0) is 16.6 Å². The minimum absolute atomic E-state index is 0.118. The van der Waals surface area contributed by atoms with Crippen LogP contribution >= 0.6 is 11.3 Å². The Bertz CT molecular complexity index is 1720. The second-order valence-corrected chi connectivity index (χ2v) is 12.0. The smallest absolute Gasteiger partial charge is 0.264 e. The number of amides is 1. The fraction of sp³-hybridized carbons (Fsp3) is 0.167. The molecule has 2 aromatic heterocycles. The van der Waals surface area contributed by atoms with Crippen molar-refractivity contribution in [3.8, 4) is 0 Å². The molecule has 9 heteroatoms. The Morgan fingerprint density at radius 2 is 1.62 bits per heavy atom. The van der Waals surface area contributed by atoms with Crippen LogP contribution in [0.5, 0.6) is 0 Å². The van der Waals surface area contributed by atoms with E-state index in [-0.39, 0.29) is 23.9 Å². The lowest BCUT2D eigenvalue weighted by Gasteiger charge is -2.23. The number of rotatable bonds is 8. The molecular weight excluding hydrogens is 528 g/mol. The monoisotopic (exact) mass is 556 g/mol. The molecule has 0 aliphatic rings. The Kier molecular flexibility index (Phi) is 7.45. The third kappa shape index (κ3) is 5.28. The maximum Gasteiger partial charge on any atom is 0.264 e. The van der Waals surface area contributed by atoms with Crippen molar-refractivity contribution in [3.05, 3.63) is 114 Å². The zero-order valence-electron chi connectivity index (χ0n) is 21.9. The predicted molar refractivity (Wildman–Crippen MR) is 157 cm³/mol. The first-order valence-corrected chi connectivity index (χ1v) is 14.8. The van der Waals surface area contributed by atoms with E-state index in [0.717, 1.165) is 27.0 Å². The fourth-order valence-electron chi connectivity index (χ4n) is 4.35. The van der Waals surface area contributed by atoms with Gasteiger partial charge in [0.05, 0.1) is 33.0 Å². The number of thiazole rings is 1. The normalized spacial score (nSPS) is 11.5. The van der Waals surface area contributed by atoms with Gasteiger partial charge in [-0.1, -0.05) is 41.7 Å². The van der Waals surface area contributed by atoms with E-state index in [1.54, 1.807) is 54.4 Å². The van der Waals surface area contributed by atoms with Crippen molar-refractivity contribution in [1.82, 2.24) is 9.97 Å². The van der Waals surface area contributed by atoms with Gasteiger partial charge < -0.3 is 0 Å². The van der Waals surface area contributed by atoms with E-state index in [2.05, 4.69) is 11.1 Å². The third-order valence-corrected chi connectivity index (χ3v) is 9.58. The first-order valence-electron chi connectivity index (χ1n) is 12.6. The molecule has 0 saturated heterocycles. The molecule has 0 spiro atoms. The van der Waals surface area contributed by atoms with Crippen molar-refractivity contribution < 1.29 is 13.2 Å². The van der Waals surface area contributed by atoms with Crippen LogP contribution in [0.2, 0.25) is 0 Å². The molecule has 0 atom stereocenters. The van der Waals surface area contributed by atoms with Crippen LogP contribution in [0.15, 0.2) is 96.0 Å². The van der Waals surface area contributed by atoms with Gasteiger partial charge in [-0.2, -0.15) is 0 Å². The first-order chi connectivity index (χ1) is 18.8. The summed E-state index contributed by atoms with van der Waals surface area (Å²) in [5, 5.41) is 0.562. The maximum atomic E-state index is 13.9. The van der Waals surface area contributed by atoms with Gasteiger partial charge in [-0.05, 0) is 86.5 Å². The van der Waals surface area contributed by atoms with Crippen molar-refractivity contribution in [3.63, 3.8) is 0 Å². The van der Waals surface area contributed by atoms with Gasteiger partial charge in [0.15, 0.2) is 5.13 Å². The maximum absolute atomic E-state index is 13.9. The highest BCUT2D eigenvalue weighted by Gasteiger charge is 2.26. The minimum atomic E-state index is -3.81. The highest BCUT2D eigenvalue weighted by Crippen LogP contribution is 2.33. The quantitative estimate of drug-likeness (QED) is 0.222. The topological polar surface area (TPSA) is 83.5 Å². The van der Waals surface area contributed by atoms with Gasteiger partial charge in [0.1, 0.15) is 0 Å². The van der Waals surface area contributed by atoms with Gasteiger partial charge in [0.2, 0.25) is 0 Å². The van der Waals surface area contributed by atoms with Crippen LogP contribution in [-0.4, -0.2) is 30.8 Å². The van der Waals surface area contributed by atoms with Crippen molar-refractivity contribution >= 4 is 48.3 Å². The van der Waals surface area contributed by atoms with Gasteiger partial charge >= 0.3 is 0 Å². The number of aromatic nitrogens is 2. The molecule has 1 amide bonds. The summed E-state index contributed by atoms with van der Waals surface area (Å²) in [6.45, 7) is 6.37. The largest absolute Gasteiger partial charge is 0.278 e. The number of carbonyl (C=O) groups excluding carboxylic acids is 1. The lowest BCUT2D eigenvalue weighted by Crippen LogP contribution is -2.32. The number of anilines is 2. The van der Waals surface area contributed by atoms with Crippen LogP contribution in [0.3, 0.4) is 0 Å². The van der Waals surface area contributed by atoms with E-state index in [1.165, 1.54) is 27.8 Å². The number of nitrogens with zero attached hydrogens (tertiary/aromatic N) is 4. The zero-order chi connectivity index (χ0) is 27.6. The van der Waals surface area contributed by atoms with E-state index in [4.69, 9.17) is 4.98 Å². The van der Waals surface area contributed by atoms with E-state index in [1.807, 2.05) is 44.2 Å². The summed E-state index contributed by atoms with van der Waals surface area (Å²) in [5.41, 5.74) is 4.75. The summed E-state index contributed by atoms with van der Waals surface area (Å²) in [4.78, 5) is 24.8. The van der Waals surface area contributed by atoms with E-state index >= 15 is 0 Å². The van der Waals surface area contributed by atoms with Crippen molar-refractivity contribution in [2.75, 3.05) is 15.7 Å².